The SMILES string of the molecule is O=C(O)[C@H]1C[C@H]2CCC(=O)[C@@H](C1)C2=O. The Bertz CT molecular complexity index is 307. The number of rotatable bonds is 1. The first-order chi connectivity index (χ1) is 6.59. The maximum atomic E-state index is 11.6. The fraction of sp³-hybridized carbons (Fsp3) is 0.700. The van der Waals surface area contributed by atoms with E-state index in [9.17, 15) is 14.4 Å². The Morgan fingerprint density at radius 2 is 2.00 bits per heavy atom. The Balaban J connectivity index is 2.20. The molecule has 0 aromatic carbocycles. The predicted octanol–water partition coefficient (Wildman–Crippen LogP) is 0.645. The monoisotopic (exact) mass is 196 g/mol. The fourth-order valence-electron chi connectivity index (χ4n) is 2.48. The lowest BCUT2D eigenvalue weighted by atomic mass is 9.66. The van der Waals surface area contributed by atoms with Gasteiger partial charge in [-0.15, -0.1) is 0 Å². The van der Waals surface area contributed by atoms with Crippen LogP contribution in [0.4, 0.5) is 0 Å². The number of carbonyl (C=O) groups is 3. The molecule has 2 saturated carbocycles. The summed E-state index contributed by atoms with van der Waals surface area (Å²) in [6.07, 6.45) is 1.66. The lowest BCUT2D eigenvalue weighted by Crippen LogP contribution is -2.43. The van der Waals surface area contributed by atoms with Crippen LogP contribution < -0.4 is 0 Å². The third-order valence-corrected chi connectivity index (χ3v) is 3.31. The number of hydrogen-bond acceptors (Lipinski definition) is 3. The van der Waals surface area contributed by atoms with Gasteiger partial charge in [0.1, 0.15) is 11.6 Å². The summed E-state index contributed by atoms with van der Waals surface area (Å²) in [6.45, 7) is 0. The van der Waals surface area contributed by atoms with Crippen LogP contribution in [0.5, 0.6) is 0 Å². The van der Waals surface area contributed by atoms with E-state index in [0.29, 0.717) is 19.3 Å². The number of hydrogen-bond donors (Lipinski definition) is 1. The van der Waals surface area contributed by atoms with Crippen molar-refractivity contribution in [2.24, 2.45) is 17.8 Å². The van der Waals surface area contributed by atoms with Crippen LogP contribution in [-0.2, 0) is 14.4 Å². The van der Waals surface area contributed by atoms with Crippen molar-refractivity contribution in [2.75, 3.05) is 0 Å². The van der Waals surface area contributed by atoms with Gasteiger partial charge in [0.05, 0.1) is 11.8 Å². The molecule has 0 heterocycles. The van der Waals surface area contributed by atoms with Crippen molar-refractivity contribution in [3.8, 4) is 0 Å². The Morgan fingerprint density at radius 3 is 2.64 bits per heavy atom. The second-order valence-electron chi connectivity index (χ2n) is 4.16. The van der Waals surface area contributed by atoms with Crippen LogP contribution in [0.3, 0.4) is 0 Å². The zero-order valence-corrected chi connectivity index (χ0v) is 7.73. The predicted molar refractivity (Wildman–Crippen MR) is 46.6 cm³/mol. The number of carboxylic acid groups (broad SMARTS) is 1. The molecule has 0 aromatic heterocycles. The molecule has 4 heteroatoms. The minimum atomic E-state index is -0.873. The van der Waals surface area contributed by atoms with E-state index in [1.165, 1.54) is 0 Å². The third kappa shape index (κ3) is 1.35. The number of ketones is 2. The smallest absolute Gasteiger partial charge is 0.306 e. The van der Waals surface area contributed by atoms with Crippen molar-refractivity contribution in [3.05, 3.63) is 0 Å². The summed E-state index contributed by atoms with van der Waals surface area (Å²) in [6, 6.07) is 0. The average molecular weight is 196 g/mol. The number of fused-ring (bicyclic) bond motifs is 2. The molecular weight excluding hydrogens is 184 g/mol. The van der Waals surface area contributed by atoms with E-state index in [0.717, 1.165) is 0 Å². The Kier molecular flexibility index (Phi) is 2.13. The van der Waals surface area contributed by atoms with Crippen LogP contribution in [-0.4, -0.2) is 22.6 Å². The first-order valence-electron chi connectivity index (χ1n) is 4.89. The highest BCUT2D eigenvalue weighted by atomic mass is 16.4. The van der Waals surface area contributed by atoms with Crippen LogP contribution in [0.2, 0.25) is 0 Å². The molecule has 0 radical (unpaired) electrons. The topological polar surface area (TPSA) is 71.4 Å². The second kappa shape index (κ2) is 3.19. The molecule has 0 amide bonds. The van der Waals surface area contributed by atoms with Crippen molar-refractivity contribution < 1.29 is 19.5 Å². The molecule has 2 rings (SSSR count). The maximum absolute atomic E-state index is 11.6. The van der Waals surface area contributed by atoms with Gasteiger partial charge in [0, 0.05) is 12.3 Å². The Morgan fingerprint density at radius 1 is 1.29 bits per heavy atom. The molecule has 3 atom stereocenters. The highest BCUT2D eigenvalue weighted by molar-refractivity contribution is 6.06. The van der Waals surface area contributed by atoms with Gasteiger partial charge in [-0.1, -0.05) is 0 Å². The zero-order valence-electron chi connectivity index (χ0n) is 7.73. The van der Waals surface area contributed by atoms with Gasteiger partial charge in [0.15, 0.2) is 0 Å². The van der Waals surface area contributed by atoms with Gasteiger partial charge in [-0.2, -0.15) is 0 Å². The van der Waals surface area contributed by atoms with Gasteiger partial charge in [-0.25, -0.2) is 0 Å². The summed E-state index contributed by atoms with van der Waals surface area (Å²) < 4.78 is 0. The number of aliphatic carboxylic acids is 1. The molecule has 4 nitrogen and oxygen atoms in total. The molecule has 0 aromatic rings. The normalized spacial score (nSPS) is 37.0. The summed E-state index contributed by atoms with van der Waals surface area (Å²) >= 11 is 0. The quantitative estimate of drug-likeness (QED) is 0.625. The maximum Gasteiger partial charge on any atom is 0.306 e. The van der Waals surface area contributed by atoms with Gasteiger partial charge in [-0.05, 0) is 19.3 Å². The lowest BCUT2D eigenvalue weighted by Gasteiger charge is -2.34. The molecule has 2 aliphatic rings. The van der Waals surface area contributed by atoms with Crippen LogP contribution in [0.25, 0.3) is 0 Å². The molecule has 2 bridgehead atoms. The summed E-state index contributed by atoms with van der Waals surface area (Å²) in [5.74, 6) is -2.22. The number of carbonyl (C=O) groups excluding carboxylic acids is 2. The summed E-state index contributed by atoms with van der Waals surface area (Å²) in [4.78, 5) is 33.7. The van der Waals surface area contributed by atoms with Crippen molar-refractivity contribution in [1.29, 1.82) is 0 Å². The van der Waals surface area contributed by atoms with E-state index in [4.69, 9.17) is 5.11 Å². The minimum absolute atomic E-state index is 0.0150. The van der Waals surface area contributed by atoms with E-state index in [2.05, 4.69) is 0 Å². The minimum Gasteiger partial charge on any atom is -0.481 e. The van der Waals surface area contributed by atoms with E-state index in [-0.39, 0.29) is 23.9 Å². The first-order valence-corrected chi connectivity index (χ1v) is 4.89. The van der Waals surface area contributed by atoms with Gasteiger partial charge in [0.2, 0.25) is 0 Å². The molecule has 0 spiro atoms. The largest absolute Gasteiger partial charge is 0.481 e. The van der Waals surface area contributed by atoms with Crippen molar-refractivity contribution >= 4 is 17.5 Å². The van der Waals surface area contributed by atoms with Gasteiger partial charge >= 0.3 is 5.97 Å². The highest BCUT2D eigenvalue weighted by Gasteiger charge is 2.45. The number of carboxylic acids is 1. The molecule has 2 fully saturated rings. The molecule has 0 unspecified atom stereocenters. The molecule has 2 aliphatic carbocycles. The standard InChI is InChI=1S/C10H12O4/c11-8-2-1-5-3-6(10(13)14)4-7(8)9(5)12/h5-7H,1-4H2,(H,13,14)/t5-,6+,7-/m1/s1. The third-order valence-electron chi connectivity index (χ3n) is 3.31. The van der Waals surface area contributed by atoms with E-state index < -0.39 is 17.8 Å². The van der Waals surface area contributed by atoms with Crippen LogP contribution in [0, 0.1) is 17.8 Å². The van der Waals surface area contributed by atoms with Gasteiger partial charge in [0.25, 0.3) is 0 Å². The lowest BCUT2D eigenvalue weighted by molar-refractivity contribution is -0.150. The Labute approximate surface area is 81.3 Å². The molecule has 14 heavy (non-hydrogen) atoms. The number of Topliss-reactive ketones (excluding diaryl/α,β-unsaturated/α-hetero) is 2. The molecule has 0 saturated heterocycles. The first kappa shape index (κ1) is 9.37. The summed E-state index contributed by atoms with van der Waals surface area (Å²) in [7, 11) is 0. The van der Waals surface area contributed by atoms with Crippen molar-refractivity contribution in [2.45, 2.75) is 25.7 Å². The zero-order chi connectivity index (χ0) is 10.3. The Hall–Kier alpha value is -1.19. The summed E-state index contributed by atoms with van der Waals surface area (Å²) in [5, 5.41) is 8.84. The highest BCUT2D eigenvalue weighted by Crippen LogP contribution is 2.38. The van der Waals surface area contributed by atoms with Gasteiger partial charge < -0.3 is 5.11 Å². The van der Waals surface area contributed by atoms with Crippen molar-refractivity contribution in [3.63, 3.8) is 0 Å². The fourth-order valence-corrected chi connectivity index (χ4v) is 2.48. The second-order valence-corrected chi connectivity index (χ2v) is 4.16. The van der Waals surface area contributed by atoms with Crippen LogP contribution in [0.1, 0.15) is 25.7 Å². The van der Waals surface area contributed by atoms with Crippen LogP contribution in [0.15, 0.2) is 0 Å². The molecular formula is C10H12O4. The molecule has 1 N–H and O–H groups in total. The molecule has 76 valence electrons. The van der Waals surface area contributed by atoms with Crippen LogP contribution >= 0.6 is 0 Å². The average Bonchev–Trinajstić information content (AvgIpc) is 2.11. The molecule has 0 aliphatic heterocycles. The van der Waals surface area contributed by atoms with E-state index in [1.54, 1.807) is 0 Å². The summed E-state index contributed by atoms with van der Waals surface area (Å²) in [5.41, 5.74) is 0. The van der Waals surface area contributed by atoms with Crippen molar-refractivity contribution in [1.82, 2.24) is 0 Å². The van der Waals surface area contributed by atoms with Gasteiger partial charge in [-0.3, -0.25) is 14.4 Å². The van der Waals surface area contributed by atoms with E-state index in [1.807, 2.05) is 0 Å². The van der Waals surface area contributed by atoms with E-state index >= 15 is 0 Å².